The summed E-state index contributed by atoms with van der Waals surface area (Å²) in [5, 5.41) is 6.61. The SMILES string of the molecule is Cc1cc(C(=O)NC(C)c2cccc(OCc3ccccn3)c2)on1. The van der Waals surface area contributed by atoms with Gasteiger partial charge in [0.15, 0.2) is 0 Å². The van der Waals surface area contributed by atoms with E-state index in [2.05, 4.69) is 15.5 Å². The molecule has 1 unspecified atom stereocenters. The Morgan fingerprint density at radius 1 is 1.24 bits per heavy atom. The first-order valence-corrected chi connectivity index (χ1v) is 7.98. The summed E-state index contributed by atoms with van der Waals surface area (Å²) in [6, 6.07) is 14.7. The first-order chi connectivity index (χ1) is 12.1. The van der Waals surface area contributed by atoms with Gasteiger partial charge in [0.05, 0.1) is 17.4 Å². The third kappa shape index (κ3) is 4.44. The van der Waals surface area contributed by atoms with Crippen molar-refractivity contribution in [1.29, 1.82) is 0 Å². The molecule has 0 aliphatic rings. The molecule has 3 rings (SSSR count). The highest BCUT2D eigenvalue weighted by atomic mass is 16.5. The fourth-order valence-electron chi connectivity index (χ4n) is 2.34. The molecule has 0 aliphatic carbocycles. The Kier molecular flexibility index (Phi) is 5.09. The van der Waals surface area contributed by atoms with E-state index in [1.165, 1.54) is 0 Å². The lowest BCUT2D eigenvalue weighted by atomic mass is 10.1. The van der Waals surface area contributed by atoms with Gasteiger partial charge in [0.1, 0.15) is 12.4 Å². The third-order valence-electron chi connectivity index (χ3n) is 3.67. The van der Waals surface area contributed by atoms with Crippen LogP contribution in [0.3, 0.4) is 0 Å². The second-order valence-electron chi connectivity index (χ2n) is 5.71. The summed E-state index contributed by atoms with van der Waals surface area (Å²) in [5.41, 5.74) is 2.46. The summed E-state index contributed by atoms with van der Waals surface area (Å²) in [7, 11) is 0. The van der Waals surface area contributed by atoms with E-state index in [0.717, 1.165) is 17.0 Å². The van der Waals surface area contributed by atoms with Gasteiger partial charge >= 0.3 is 0 Å². The standard InChI is InChI=1S/C19H19N3O3/c1-13-10-18(25-22-13)19(23)21-14(2)15-6-5-8-17(11-15)24-12-16-7-3-4-9-20-16/h3-11,14H,12H2,1-2H3,(H,21,23). The van der Waals surface area contributed by atoms with Crippen molar-refractivity contribution in [3.8, 4) is 5.75 Å². The van der Waals surface area contributed by atoms with Crippen molar-refractivity contribution >= 4 is 5.91 Å². The van der Waals surface area contributed by atoms with Crippen LogP contribution in [0.2, 0.25) is 0 Å². The molecule has 1 atom stereocenters. The number of hydrogen-bond acceptors (Lipinski definition) is 5. The Bertz CT molecular complexity index is 846. The van der Waals surface area contributed by atoms with E-state index in [-0.39, 0.29) is 17.7 Å². The fourth-order valence-corrected chi connectivity index (χ4v) is 2.34. The normalized spacial score (nSPS) is 11.8. The van der Waals surface area contributed by atoms with Crippen molar-refractivity contribution in [3.63, 3.8) is 0 Å². The quantitative estimate of drug-likeness (QED) is 0.745. The Hall–Kier alpha value is -3.15. The molecule has 0 saturated heterocycles. The summed E-state index contributed by atoms with van der Waals surface area (Å²) in [6.45, 7) is 4.06. The number of nitrogens with one attached hydrogen (secondary N) is 1. The summed E-state index contributed by atoms with van der Waals surface area (Å²) in [5.74, 6) is 0.625. The molecule has 1 amide bonds. The second-order valence-corrected chi connectivity index (χ2v) is 5.71. The molecule has 2 aromatic heterocycles. The molecule has 0 spiro atoms. The molecule has 6 nitrogen and oxygen atoms in total. The molecule has 0 radical (unpaired) electrons. The van der Waals surface area contributed by atoms with Crippen LogP contribution in [0.1, 0.15) is 40.5 Å². The molecule has 0 fully saturated rings. The highest BCUT2D eigenvalue weighted by Gasteiger charge is 2.15. The average molecular weight is 337 g/mol. The van der Waals surface area contributed by atoms with Gasteiger partial charge in [-0.15, -0.1) is 0 Å². The highest BCUT2D eigenvalue weighted by molar-refractivity contribution is 5.91. The number of aromatic nitrogens is 2. The van der Waals surface area contributed by atoms with Crippen molar-refractivity contribution in [1.82, 2.24) is 15.5 Å². The maximum Gasteiger partial charge on any atom is 0.290 e. The minimum absolute atomic E-state index is 0.198. The molecule has 128 valence electrons. The molecule has 25 heavy (non-hydrogen) atoms. The summed E-state index contributed by atoms with van der Waals surface area (Å²) in [4.78, 5) is 16.4. The molecule has 0 saturated carbocycles. The number of benzene rings is 1. The van der Waals surface area contributed by atoms with Crippen LogP contribution in [0.4, 0.5) is 0 Å². The lowest BCUT2D eigenvalue weighted by Gasteiger charge is -2.14. The smallest absolute Gasteiger partial charge is 0.290 e. The number of pyridine rings is 1. The number of carbonyl (C=O) groups excluding carboxylic acids is 1. The van der Waals surface area contributed by atoms with Crippen LogP contribution in [-0.4, -0.2) is 16.0 Å². The molecular weight excluding hydrogens is 318 g/mol. The molecule has 1 N–H and O–H groups in total. The lowest BCUT2D eigenvalue weighted by molar-refractivity contribution is 0.0902. The van der Waals surface area contributed by atoms with Gasteiger partial charge in [-0.2, -0.15) is 0 Å². The Balaban J connectivity index is 1.63. The van der Waals surface area contributed by atoms with Crippen LogP contribution in [0.15, 0.2) is 59.3 Å². The third-order valence-corrected chi connectivity index (χ3v) is 3.67. The number of rotatable bonds is 6. The van der Waals surface area contributed by atoms with Gasteiger partial charge in [-0.1, -0.05) is 23.4 Å². The Labute approximate surface area is 145 Å². The van der Waals surface area contributed by atoms with E-state index in [1.807, 2.05) is 49.4 Å². The van der Waals surface area contributed by atoms with Gasteiger partial charge in [-0.25, -0.2) is 0 Å². The zero-order valence-electron chi connectivity index (χ0n) is 14.1. The zero-order chi connectivity index (χ0) is 17.6. The minimum Gasteiger partial charge on any atom is -0.487 e. The number of aryl methyl sites for hydroxylation is 1. The summed E-state index contributed by atoms with van der Waals surface area (Å²) >= 11 is 0. The van der Waals surface area contributed by atoms with Crippen molar-refractivity contribution < 1.29 is 14.1 Å². The molecule has 0 aliphatic heterocycles. The van der Waals surface area contributed by atoms with Crippen molar-refractivity contribution in [2.45, 2.75) is 26.5 Å². The Morgan fingerprint density at radius 3 is 2.84 bits per heavy atom. The predicted molar refractivity (Wildman–Crippen MR) is 92.1 cm³/mol. The van der Waals surface area contributed by atoms with Gasteiger partial charge in [0.25, 0.3) is 5.91 Å². The topological polar surface area (TPSA) is 77.2 Å². The molecule has 6 heteroatoms. The van der Waals surface area contributed by atoms with Gasteiger partial charge < -0.3 is 14.6 Å². The maximum absolute atomic E-state index is 12.2. The first kappa shape index (κ1) is 16.7. The predicted octanol–water partition coefficient (Wildman–Crippen LogP) is 3.45. The minimum atomic E-state index is -0.298. The fraction of sp³-hybridized carbons (Fsp3) is 0.211. The van der Waals surface area contributed by atoms with Crippen molar-refractivity contribution in [2.24, 2.45) is 0 Å². The van der Waals surface area contributed by atoms with E-state index in [4.69, 9.17) is 9.26 Å². The molecule has 3 aromatic rings. The number of carbonyl (C=O) groups is 1. The van der Waals surface area contributed by atoms with E-state index >= 15 is 0 Å². The molecule has 1 aromatic carbocycles. The lowest BCUT2D eigenvalue weighted by Crippen LogP contribution is -2.26. The monoisotopic (exact) mass is 337 g/mol. The van der Waals surface area contributed by atoms with Gasteiger partial charge in [-0.05, 0) is 43.7 Å². The largest absolute Gasteiger partial charge is 0.487 e. The molecule has 2 heterocycles. The van der Waals surface area contributed by atoms with Crippen molar-refractivity contribution in [3.05, 3.63) is 77.4 Å². The number of ether oxygens (including phenoxy) is 1. The van der Waals surface area contributed by atoms with Crippen LogP contribution < -0.4 is 10.1 Å². The first-order valence-electron chi connectivity index (χ1n) is 7.98. The molecular formula is C19H19N3O3. The van der Waals surface area contributed by atoms with Crippen LogP contribution in [0.5, 0.6) is 5.75 Å². The van der Waals surface area contributed by atoms with Gasteiger partial charge in [0, 0.05) is 12.3 Å². The Morgan fingerprint density at radius 2 is 2.12 bits per heavy atom. The number of hydrogen-bond donors (Lipinski definition) is 1. The van der Waals surface area contributed by atoms with Gasteiger partial charge in [-0.3, -0.25) is 9.78 Å². The zero-order valence-corrected chi connectivity index (χ0v) is 14.1. The molecule has 0 bridgehead atoms. The van der Waals surface area contributed by atoms with Crippen LogP contribution in [0.25, 0.3) is 0 Å². The van der Waals surface area contributed by atoms with E-state index in [0.29, 0.717) is 12.3 Å². The van der Waals surface area contributed by atoms with Crippen LogP contribution in [-0.2, 0) is 6.61 Å². The van der Waals surface area contributed by atoms with Crippen molar-refractivity contribution in [2.75, 3.05) is 0 Å². The summed E-state index contributed by atoms with van der Waals surface area (Å²) < 4.78 is 10.8. The second kappa shape index (κ2) is 7.61. The van der Waals surface area contributed by atoms with E-state index in [9.17, 15) is 4.79 Å². The van der Waals surface area contributed by atoms with Crippen LogP contribution in [0, 0.1) is 6.92 Å². The van der Waals surface area contributed by atoms with E-state index < -0.39 is 0 Å². The number of amides is 1. The van der Waals surface area contributed by atoms with Crippen LogP contribution >= 0.6 is 0 Å². The highest BCUT2D eigenvalue weighted by Crippen LogP contribution is 2.20. The van der Waals surface area contributed by atoms with E-state index in [1.54, 1.807) is 19.2 Å². The number of nitrogens with zero attached hydrogens (tertiary/aromatic N) is 2. The average Bonchev–Trinajstić information content (AvgIpc) is 3.08. The summed E-state index contributed by atoms with van der Waals surface area (Å²) in [6.07, 6.45) is 1.73. The van der Waals surface area contributed by atoms with Gasteiger partial charge in [0.2, 0.25) is 5.76 Å². The maximum atomic E-state index is 12.2.